The van der Waals surface area contributed by atoms with E-state index < -0.39 is 20.8 Å². The molecule has 2 aromatic rings. The van der Waals surface area contributed by atoms with Gasteiger partial charge < -0.3 is 10.2 Å². The molecule has 0 aliphatic carbocycles. The Labute approximate surface area is 163 Å². The monoisotopic (exact) mass is 409 g/mol. The van der Waals surface area contributed by atoms with Crippen molar-refractivity contribution in [2.75, 3.05) is 18.4 Å². The number of anilines is 1. The average Bonchev–Trinajstić information content (AvgIpc) is 3.08. The van der Waals surface area contributed by atoms with E-state index in [0.29, 0.717) is 5.69 Å². The number of nitrogens with zero attached hydrogens (tertiary/aromatic N) is 4. The first kappa shape index (κ1) is 20.2. The topological polar surface area (TPSA) is 97.2 Å². The third-order valence-electron chi connectivity index (χ3n) is 5.24. The lowest BCUT2D eigenvalue weighted by Crippen LogP contribution is -2.48. The molecule has 0 radical (unpaired) electrons. The van der Waals surface area contributed by atoms with E-state index >= 15 is 4.39 Å². The van der Waals surface area contributed by atoms with E-state index in [1.54, 1.807) is 23.2 Å². The number of carbonyl (C=O) groups excluding carboxylic acids is 1. The van der Waals surface area contributed by atoms with E-state index in [0.717, 1.165) is 17.3 Å². The maximum Gasteiger partial charge on any atom is 0.321 e. The smallest absolute Gasteiger partial charge is 0.321 e. The number of aromatic nitrogens is 3. The van der Waals surface area contributed by atoms with Crippen LogP contribution < -0.4 is 5.32 Å². The second-order valence-electron chi connectivity index (χ2n) is 7.16. The largest absolute Gasteiger partial charge is 0.325 e. The molecule has 28 heavy (non-hydrogen) atoms. The van der Waals surface area contributed by atoms with Crippen LogP contribution in [0.15, 0.2) is 35.6 Å². The molecule has 2 amide bonds. The lowest BCUT2D eigenvalue weighted by molar-refractivity contribution is 0.117. The summed E-state index contributed by atoms with van der Waals surface area (Å²) in [4.78, 5) is 18.1. The van der Waals surface area contributed by atoms with Gasteiger partial charge in [0, 0.05) is 43.6 Å². The van der Waals surface area contributed by atoms with Crippen molar-refractivity contribution >= 4 is 21.6 Å². The lowest BCUT2D eigenvalue weighted by atomic mass is 9.92. The van der Waals surface area contributed by atoms with Gasteiger partial charge in [0.25, 0.3) is 0 Å². The molecule has 0 saturated carbocycles. The molecule has 152 valence electrons. The summed E-state index contributed by atoms with van der Waals surface area (Å²) in [5.41, 5.74) is 1.42. The lowest BCUT2D eigenvalue weighted by Gasteiger charge is -2.37. The molecule has 1 saturated heterocycles. The van der Waals surface area contributed by atoms with E-state index in [2.05, 4.69) is 15.4 Å². The summed E-state index contributed by atoms with van der Waals surface area (Å²) >= 11 is 0. The van der Waals surface area contributed by atoms with Crippen molar-refractivity contribution in [2.45, 2.75) is 36.7 Å². The van der Waals surface area contributed by atoms with Crippen molar-refractivity contribution < 1.29 is 17.6 Å². The standard InChI is InChI=1S/C18H24FN5O3S/c1-13-12-15(4-8-20-13)22-17(25)24-10-6-14(7-11-24)18(2,19)28(26,27)16-5-9-21-23(16)3/h4-5,8-9,12,14H,6-7,10-11H2,1-3H3,(H,20,22,25). The summed E-state index contributed by atoms with van der Waals surface area (Å²) in [5, 5.41) is 4.03. The van der Waals surface area contributed by atoms with Gasteiger partial charge in [-0.05, 0) is 44.9 Å². The van der Waals surface area contributed by atoms with E-state index in [4.69, 9.17) is 0 Å². The van der Waals surface area contributed by atoms with Gasteiger partial charge in [-0.25, -0.2) is 17.6 Å². The number of nitrogens with one attached hydrogen (secondary N) is 1. The molecule has 3 rings (SSSR count). The van der Waals surface area contributed by atoms with E-state index in [1.807, 2.05) is 6.92 Å². The van der Waals surface area contributed by atoms with Crippen LogP contribution in [0.2, 0.25) is 0 Å². The fraction of sp³-hybridized carbons (Fsp3) is 0.500. The minimum Gasteiger partial charge on any atom is -0.325 e. The maximum absolute atomic E-state index is 15.5. The molecule has 1 aliphatic heterocycles. The number of amides is 2. The van der Waals surface area contributed by atoms with Crippen molar-refractivity contribution in [3.05, 3.63) is 36.3 Å². The summed E-state index contributed by atoms with van der Waals surface area (Å²) in [5.74, 6) is -0.709. The van der Waals surface area contributed by atoms with Crippen molar-refractivity contribution in [3.8, 4) is 0 Å². The molecule has 3 heterocycles. The van der Waals surface area contributed by atoms with E-state index in [-0.39, 0.29) is 37.0 Å². The second kappa shape index (κ2) is 7.50. The molecule has 1 fully saturated rings. The number of rotatable bonds is 4. The van der Waals surface area contributed by atoms with Crippen LogP contribution in [0.4, 0.5) is 14.9 Å². The molecule has 1 unspecified atom stereocenters. The van der Waals surface area contributed by atoms with Crippen LogP contribution in [-0.4, -0.2) is 52.2 Å². The molecular weight excluding hydrogens is 385 g/mol. The fourth-order valence-electron chi connectivity index (χ4n) is 3.47. The van der Waals surface area contributed by atoms with Gasteiger partial charge in [0.1, 0.15) is 0 Å². The Morgan fingerprint density at radius 2 is 1.96 bits per heavy atom. The predicted molar refractivity (Wildman–Crippen MR) is 102 cm³/mol. The van der Waals surface area contributed by atoms with Crippen molar-refractivity contribution in [2.24, 2.45) is 13.0 Å². The Bertz CT molecular complexity index is 965. The van der Waals surface area contributed by atoms with Gasteiger partial charge in [-0.2, -0.15) is 5.10 Å². The van der Waals surface area contributed by atoms with Gasteiger partial charge in [0.2, 0.25) is 14.8 Å². The average molecular weight is 409 g/mol. The highest BCUT2D eigenvalue weighted by Crippen LogP contribution is 2.39. The highest BCUT2D eigenvalue weighted by atomic mass is 32.2. The van der Waals surface area contributed by atoms with Crippen LogP contribution in [0.25, 0.3) is 0 Å². The molecule has 10 heteroatoms. The normalized spacial score (nSPS) is 17.9. The highest BCUT2D eigenvalue weighted by Gasteiger charge is 2.49. The number of pyridine rings is 1. The Balaban J connectivity index is 1.66. The van der Waals surface area contributed by atoms with Gasteiger partial charge in [-0.1, -0.05) is 0 Å². The maximum atomic E-state index is 15.5. The molecule has 2 aromatic heterocycles. The number of piperidine rings is 1. The fourth-order valence-corrected chi connectivity index (χ4v) is 5.19. The molecule has 1 aliphatic rings. The Morgan fingerprint density at radius 1 is 1.29 bits per heavy atom. The molecule has 1 atom stereocenters. The molecular formula is C18H24FN5O3S. The van der Waals surface area contributed by atoms with Crippen LogP contribution in [0.3, 0.4) is 0 Å². The summed E-state index contributed by atoms with van der Waals surface area (Å²) in [6, 6.07) is 4.45. The van der Waals surface area contributed by atoms with Gasteiger partial charge in [-0.3, -0.25) is 9.67 Å². The SMILES string of the molecule is Cc1cc(NC(=O)N2CCC(C(C)(F)S(=O)(=O)c3ccnn3C)CC2)ccn1. The van der Waals surface area contributed by atoms with Gasteiger partial charge >= 0.3 is 6.03 Å². The van der Waals surface area contributed by atoms with E-state index in [9.17, 15) is 13.2 Å². The summed E-state index contributed by atoms with van der Waals surface area (Å²) in [6.07, 6.45) is 3.45. The number of halogens is 1. The third kappa shape index (κ3) is 3.73. The first-order valence-electron chi connectivity index (χ1n) is 9.03. The van der Waals surface area contributed by atoms with Crippen LogP contribution in [0.1, 0.15) is 25.5 Å². The van der Waals surface area contributed by atoms with Crippen LogP contribution in [0, 0.1) is 12.8 Å². The number of hydrogen-bond donors (Lipinski definition) is 1. The predicted octanol–water partition coefficient (Wildman–Crippen LogP) is 2.53. The number of aryl methyl sites for hydroxylation is 2. The van der Waals surface area contributed by atoms with Crippen LogP contribution >= 0.6 is 0 Å². The minimum absolute atomic E-state index is 0.147. The van der Waals surface area contributed by atoms with Gasteiger partial charge in [-0.15, -0.1) is 0 Å². The second-order valence-corrected chi connectivity index (χ2v) is 9.38. The number of sulfone groups is 1. The van der Waals surface area contributed by atoms with Crippen molar-refractivity contribution in [1.82, 2.24) is 19.7 Å². The van der Waals surface area contributed by atoms with Crippen molar-refractivity contribution in [1.29, 1.82) is 0 Å². The van der Waals surface area contributed by atoms with Crippen molar-refractivity contribution in [3.63, 3.8) is 0 Å². The Kier molecular flexibility index (Phi) is 5.42. The number of likely N-dealkylation sites (tertiary alicyclic amines) is 1. The number of hydrogen-bond acceptors (Lipinski definition) is 5. The number of urea groups is 1. The summed E-state index contributed by atoms with van der Waals surface area (Å²) in [7, 11) is -2.74. The summed E-state index contributed by atoms with van der Waals surface area (Å²) < 4.78 is 42.2. The van der Waals surface area contributed by atoms with Gasteiger partial charge in [0.15, 0.2) is 5.03 Å². The van der Waals surface area contributed by atoms with Crippen LogP contribution in [0.5, 0.6) is 0 Å². The molecule has 0 spiro atoms. The zero-order valence-corrected chi connectivity index (χ0v) is 16.9. The summed E-state index contributed by atoms with van der Waals surface area (Å²) in [6.45, 7) is 3.49. The first-order chi connectivity index (χ1) is 13.1. The number of alkyl halides is 1. The van der Waals surface area contributed by atoms with E-state index in [1.165, 1.54) is 19.3 Å². The quantitative estimate of drug-likeness (QED) is 0.837. The molecule has 1 N–H and O–H groups in total. The Morgan fingerprint density at radius 3 is 2.54 bits per heavy atom. The Hall–Kier alpha value is -2.49. The third-order valence-corrected chi connectivity index (χ3v) is 7.57. The number of carbonyl (C=O) groups is 1. The minimum atomic E-state index is -4.21. The first-order valence-corrected chi connectivity index (χ1v) is 10.5. The zero-order chi connectivity index (χ0) is 20.5. The molecule has 8 nitrogen and oxygen atoms in total. The zero-order valence-electron chi connectivity index (χ0n) is 16.1. The highest BCUT2D eigenvalue weighted by molar-refractivity contribution is 7.92. The van der Waals surface area contributed by atoms with Crippen LogP contribution in [-0.2, 0) is 16.9 Å². The van der Waals surface area contributed by atoms with Gasteiger partial charge in [0.05, 0.1) is 6.20 Å². The molecule has 0 bridgehead atoms. The molecule has 0 aromatic carbocycles.